The molecular weight excluding hydrogens is 190 g/mol. The fraction of sp³-hybridized carbons (Fsp3) is 0.250. The second-order valence-corrected chi connectivity index (χ2v) is 3.76. The quantitative estimate of drug-likeness (QED) is 0.776. The van der Waals surface area contributed by atoms with E-state index < -0.39 is 6.10 Å². The smallest absolute Gasteiger partial charge is 0.256 e. The summed E-state index contributed by atoms with van der Waals surface area (Å²) in [5, 5.41) is 10.8. The molecule has 0 saturated heterocycles. The van der Waals surface area contributed by atoms with E-state index in [9.17, 15) is 9.90 Å². The summed E-state index contributed by atoms with van der Waals surface area (Å²) in [5.41, 5.74) is 0.678. The predicted molar refractivity (Wildman–Crippen MR) is 60.0 cm³/mol. The van der Waals surface area contributed by atoms with Crippen LogP contribution in [-0.2, 0) is 6.42 Å². The molecule has 1 aromatic carbocycles. The highest BCUT2D eigenvalue weighted by Gasteiger charge is 2.03. The largest absolute Gasteiger partial charge is 0.393 e. The minimum Gasteiger partial charge on any atom is -0.393 e. The van der Waals surface area contributed by atoms with Crippen molar-refractivity contribution in [2.24, 2.45) is 0 Å². The number of pyridine rings is 1. The van der Waals surface area contributed by atoms with Crippen molar-refractivity contribution in [1.82, 2.24) is 4.98 Å². The molecule has 0 radical (unpaired) electrons. The predicted octanol–water partition coefficient (Wildman–Crippen LogP) is 1.45. The van der Waals surface area contributed by atoms with Crippen LogP contribution in [0, 0.1) is 0 Å². The maximum absolute atomic E-state index is 11.6. The third-order valence-electron chi connectivity index (χ3n) is 2.32. The second-order valence-electron chi connectivity index (χ2n) is 3.76. The molecule has 0 saturated carbocycles. The van der Waals surface area contributed by atoms with Gasteiger partial charge in [-0.2, -0.15) is 0 Å². The Kier molecular flexibility index (Phi) is 2.56. The molecule has 2 rings (SSSR count). The molecule has 3 heteroatoms. The molecule has 2 aromatic rings. The van der Waals surface area contributed by atoms with Gasteiger partial charge in [0.25, 0.3) is 5.56 Å². The molecule has 0 aliphatic rings. The average Bonchev–Trinajstić information content (AvgIpc) is 2.16. The highest BCUT2D eigenvalue weighted by atomic mass is 16.3. The Balaban J connectivity index is 2.57. The number of H-pyrrole nitrogens is 1. The van der Waals surface area contributed by atoms with Crippen LogP contribution in [0.2, 0.25) is 0 Å². The third-order valence-corrected chi connectivity index (χ3v) is 2.32. The fourth-order valence-electron chi connectivity index (χ4n) is 1.69. The van der Waals surface area contributed by atoms with Crippen LogP contribution in [0.25, 0.3) is 10.8 Å². The molecule has 0 aliphatic heterocycles. The number of hydrogen-bond acceptors (Lipinski definition) is 2. The van der Waals surface area contributed by atoms with E-state index in [2.05, 4.69) is 4.98 Å². The number of benzene rings is 1. The van der Waals surface area contributed by atoms with Gasteiger partial charge in [0, 0.05) is 17.5 Å². The van der Waals surface area contributed by atoms with Crippen molar-refractivity contribution >= 4 is 10.8 Å². The van der Waals surface area contributed by atoms with Gasteiger partial charge < -0.3 is 10.1 Å². The van der Waals surface area contributed by atoms with E-state index >= 15 is 0 Å². The zero-order valence-corrected chi connectivity index (χ0v) is 8.53. The van der Waals surface area contributed by atoms with Crippen LogP contribution in [0.4, 0.5) is 0 Å². The van der Waals surface area contributed by atoms with Gasteiger partial charge in [0.1, 0.15) is 0 Å². The topological polar surface area (TPSA) is 53.1 Å². The number of aliphatic hydroxyl groups is 1. The third kappa shape index (κ3) is 2.07. The number of nitrogens with one attached hydrogen (secondary N) is 1. The lowest BCUT2D eigenvalue weighted by Gasteiger charge is -2.05. The molecule has 0 spiro atoms. The zero-order chi connectivity index (χ0) is 10.8. The van der Waals surface area contributed by atoms with Gasteiger partial charge in [-0.1, -0.05) is 18.2 Å². The molecule has 1 atom stereocenters. The van der Waals surface area contributed by atoms with Crippen LogP contribution in [-0.4, -0.2) is 16.2 Å². The van der Waals surface area contributed by atoms with Crippen molar-refractivity contribution in [3.05, 3.63) is 46.4 Å². The Morgan fingerprint density at radius 1 is 1.40 bits per heavy atom. The molecule has 0 amide bonds. The lowest BCUT2D eigenvalue weighted by Crippen LogP contribution is -2.13. The van der Waals surface area contributed by atoms with E-state index in [0.717, 1.165) is 11.1 Å². The van der Waals surface area contributed by atoms with E-state index in [-0.39, 0.29) is 5.56 Å². The number of aromatic amines is 1. The zero-order valence-electron chi connectivity index (χ0n) is 8.53. The van der Waals surface area contributed by atoms with Crippen LogP contribution >= 0.6 is 0 Å². The van der Waals surface area contributed by atoms with Crippen molar-refractivity contribution in [3.63, 3.8) is 0 Å². The second kappa shape index (κ2) is 3.87. The Morgan fingerprint density at radius 2 is 2.13 bits per heavy atom. The maximum atomic E-state index is 11.6. The van der Waals surface area contributed by atoms with E-state index in [1.165, 1.54) is 0 Å². The summed E-state index contributed by atoms with van der Waals surface area (Å²) in [5.74, 6) is 0. The maximum Gasteiger partial charge on any atom is 0.256 e. The van der Waals surface area contributed by atoms with E-state index in [1.807, 2.05) is 24.3 Å². The van der Waals surface area contributed by atoms with Crippen LogP contribution in [0.3, 0.4) is 0 Å². The van der Waals surface area contributed by atoms with Gasteiger partial charge in [-0.05, 0) is 24.4 Å². The van der Waals surface area contributed by atoms with Gasteiger partial charge in [0.05, 0.1) is 6.10 Å². The lowest BCUT2D eigenvalue weighted by atomic mass is 10.1. The minimum absolute atomic E-state index is 0.0937. The lowest BCUT2D eigenvalue weighted by molar-refractivity contribution is 0.194. The summed E-state index contributed by atoms with van der Waals surface area (Å²) in [6.07, 6.45) is 0.0295. The summed E-state index contributed by atoms with van der Waals surface area (Å²) < 4.78 is 0. The van der Waals surface area contributed by atoms with Crippen molar-refractivity contribution in [3.8, 4) is 0 Å². The normalized spacial score (nSPS) is 12.9. The Morgan fingerprint density at radius 3 is 2.87 bits per heavy atom. The SMILES string of the molecule is CC(O)Cc1cc2ccccc2c(=O)[nH]1. The Labute approximate surface area is 87.4 Å². The highest BCUT2D eigenvalue weighted by Crippen LogP contribution is 2.10. The summed E-state index contributed by atoms with van der Waals surface area (Å²) >= 11 is 0. The molecule has 2 N–H and O–H groups in total. The van der Waals surface area contributed by atoms with Gasteiger partial charge in [-0.15, -0.1) is 0 Å². The van der Waals surface area contributed by atoms with Crippen LogP contribution in [0.15, 0.2) is 35.1 Å². The van der Waals surface area contributed by atoms with Crippen LogP contribution in [0.1, 0.15) is 12.6 Å². The van der Waals surface area contributed by atoms with Crippen LogP contribution in [0.5, 0.6) is 0 Å². The van der Waals surface area contributed by atoms with E-state index in [1.54, 1.807) is 13.0 Å². The molecule has 0 bridgehead atoms. The highest BCUT2D eigenvalue weighted by molar-refractivity contribution is 5.81. The van der Waals surface area contributed by atoms with Crippen molar-refractivity contribution in [2.75, 3.05) is 0 Å². The minimum atomic E-state index is -0.443. The fourth-order valence-corrected chi connectivity index (χ4v) is 1.69. The molecule has 1 unspecified atom stereocenters. The molecule has 15 heavy (non-hydrogen) atoms. The van der Waals surface area contributed by atoms with Crippen LogP contribution < -0.4 is 5.56 Å². The van der Waals surface area contributed by atoms with E-state index in [4.69, 9.17) is 0 Å². The number of fused-ring (bicyclic) bond motifs is 1. The molecular formula is C12H13NO2. The first-order valence-electron chi connectivity index (χ1n) is 4.96. The standard InChI is InChI=1S/C12H13NO2/c1-8(14)6-10-7-9-4-2-3-5-11(9)12(15)13-10/h2-5,7-8,14H,6H2,1H3,(H,13,15). The number of aliphatic hydroxyl groups excluding tert-OH is 1. The Bertz CT molecular complexity index is 528. The summed E-state index contributed by atoms with van der Waals surface area (Å²) in [6.45, 7) is 1.70. The monoisotopic (exact) mass is 203 g/mol. The summed E-state index contributed by atoms with van der Waals surface area (Å²) in [7, 11) is 0. The van der Waals surface area contributed by atoms with Gasteiger partial charge in [0.15, 0.2) is 0 Å². The van der Waals surface area contributed by atoms with Gasteiger partial charge in [-0.25, -0.2) is 0 Å². The molecule has 1 heterocycles. The summed E-state index contributed by atoms with van der Waals surface area (Å²) in [6, 6.07) is 9.33. The van der Waals surface area contributed by atoms with Gasteiger partial charge >= 0.3 is 0 Å². The number of aromatic nitrogens is 1. The van der Waals surface area contributed by atoms with Gasteiger partial charge in [-0.3, -0.25) is 4.79 Å². The van der Waals surface area contributed by atoms with Crippen molar-refractivity contribution in [2.45, 2.75) is 19.4 Å². The number of rotatable bonds is 2. The first-order chi connectivity index (χ1) is 7.16. The Hall–Kier alpha value is -1.61. The molecule has 1 aromatic heterocycles. The summed E-state index contributed by atoms with van der Waals surface area (Å²) in [4.78, 5) is 14.4. The van der Waals surface area contributed by atoms with Crippen molar-refractivity contribution in [1.29, 1.82) is 0 Å². The molecule has 78 valence electrons. The average molecular weight is 203 g/mol. The first kappa shape index (κ1) is 9.93. The molecule has 0 fully saturated rings. The molecule has 0 aliphatic carbocycles. The number of hydrogen-bond donors (Lipinski definition) is 2. The van der Waals surface area contributed by atoms with Gasteiger partial charge in [0.2, 0.25) is 0 Å². The van der Waals surface area contributed by atoms with Crippen molar-refractivity contribution < 1.29 is 5.11 Å². The first-order valence-corrected chi connectivity index (χ1v) is 4.96. The molecule has 3 nitrogen and oxygen atoms in total. The van der Waals surface area contributed by atoms with E-state index in [0.29, 0.717) is 11.8 Å².